The van der Waals surface area contributed by atoms with Crippen LogP contribution in [0.25, 0.3) is 0 Å². The summed E-state index contributed by atoms with van der Waals surface area (Å²) in [4.78, 5) is 0. The van der Waals surface area contributed by atoms with Gasteiger partial charge >= 0.3 is 0 Å². The van der Waals surface area contributed by atoms with Crippen molar-refractivity contribution >= 4 is 0 Å². The second-order valence-electron chi connectivity index (χ2n) is 5.78. The highest BCUT2D eigenvalue weighted by molar-refractivity contribution is 5.19. The molecule has 0 unspecified atom stereocenters. The molecule has 2 atom stereocenters. The van der Waals surface area contributed by atoms with Crippen molar-refractivity contribution in [3.8, 4) is 0 Å². The van der Waals surface area contributed by atoms with E-state index in [1.54, 1.807) is 0 Å². The van der Waals surface area contributed by atoms with Crippen molar-refractivity contribution in [2.75, 3.05) is 13.2 Å². The third kappa shape index (κ3) is 4.16. The van der Waals surface area contributed by atoms with E-state index < -0.39 is 0 Å². The van der Waals surface area contributed by atoms with Crippen LogP contribution in [0, 0.1) is 11.8 Å². The molecule has 0 aliphatic heterocycles. The summed E-state index contributed by atoms with van der Waals surface area (Å²) in [6.07, 6.45) is 13.5. The van der Waals surface area contributed by atoms with Crippen LogP contribution in [0.2, 0.25) is 0 Å². The Hall–Kier alpha value is -0.760. The van der Waals surface area contributed by atoms with Gasteiger partial charge in [-0.25, -0.2) is 0 Å². The average Bonchev–Trinajstić information content (AvgIpc) is 2.40. The first-order valence-corrected chi connectivity index (χ1v) is 7.52. The molecule has 18 heavy (non-hydrogen) atoms. The van der Waals surface area contributed by atoms with Gasteiger partial charge in [-0.15, -0.1) is 0 Å². The lowest BCUT2D eigenvalue weighted by Gasteiger charge is -2.23. The third-order valence-electron chi connectivity index (χ3n) is 4.23. The summed E-state index contributed by atoms with van der Waals surface area (Å²) in [5.74, 6) is 2.28. The molecular formula is C16H27NO. The quantitative estimate of drug-likeness (QED) is 0.751. The minimum atomic E-state index is 0.594. The zero-order valence-corrected chi connectivity index (χ0v) is 11.8. The maximum absolute atomic E-state index is 5.80. The van der Waals surface area contributed by atoms with Crippen LogP contribution in [-0.2, 0) is 4.74 Å². The molecule has 0 heterocycles. The first-order chi connectivity index (χ1) is 8.75. The number of allylic oxidation sites excluding steroid dienone is 3. The molecule has 0 aromatic rings. The van der Waals surface area contributed by atoms with Gasteiger partial charge < -0.3 is 10.1 Å². The molecule has 1 N–H and O–H groups in total. The van der Waals surface area contributed by atoms with E-state index in [0.29, 0.717) is 11.8 Å². The molecule has 0 saturated heterocycles. The monoisotopic (exact) mass is 249 g/mol. The molecule has 0 amide bonds. The van der Waals surface area contributed by atoms with Crippen LogP contribution in [0.4, 0.5) is 0 Å². The van der Waals surface area contributed by atoms with Crippen LogP contribution in [0.15, 0.2) is 24.0 Å². The number of hydrogen-bond donors (Lipinski definition) is 1. The Balaban J connectivity index is 1.61. The van der Waals surface area contributed by atoms with Gasteiger partial charge in [-0.3, -0.25) is 0 Å². The second kappa shape index (κ2) is 6.98. The van der Waals surface area contributed by atoms with Crippen LogP contribution in [-0.4, -0.2) is 19.2 Å². The van der Waals surface area contributed by atoms with Crippen LogP contribution < -0.4 is 5.32 Å². The van der Waals surface area contributed by atoms with Gasteiger partial charge in [0, 0.05) is 12.6 Å². The Bertz CT molecular complexity index is 302. The van der Waals surface area contributed by atoms with E-state index >= 15 is 0 Å². The fourth-order valence-corrected chi connectivity index (χ4v) is 2.72. The Kier molecular flexibility index (Phi) is 5.30. The molecule has 1 saturated carbocycles. The van der Waals surface area contributed by atoms with Gasteiger partial charge in [0.25, 0.3) is 0 Å². The van der Waals surface area contributed by atoms with Crippen molar-refractivity contribution in [3.05, 3.63) is 24.0 Å². The van der Waals surface area contributed by atoms with Crippen LogP contribution in [0.1, 0.15) is 46.0 Å². The summed E-state index contributed by atoms with van der Waals surface area (Å²) >= 11 is 0. The Morgan fingerprint density at radius 3 is 2.67 bits per heavy atom. The average molecular weight is 249 g/mol. The number of ether oxygens (including phenoxy) is 1. The SMILES string of the molecule is C[C@@H]1C=C(OCCNC2CCCCC2)C=C[C@@H]1C. The standard InChI is InChI=1S/C16H27NO/c1-13-8-9-16(12-14(13)2)18-11-10-17-15-6-4-3-5-7-15/h8-9,12-15,17H,3-7,10-11H2,1-2H3/t13-,14+/m0/s1. The predicted molar refractivity (Wildman–Crippen MR) is 76.4 cm³/mol. The molecule has 2 nitrogen and oxygen atoms in total. The van der Waals surface area contributed by atoms with E-state index in [1.807, 2.05) is 0 Å². The smallest absolute Gasteiger partial charge is 0.115 e. The van der Waals surface area contributed by atoms with Gasteiger partial charge in [0.1, 0.15) is 12.4 Å². The largest absolute Gasteiger partial charge is 0.493 e. The van der Waals surface area contributed by atoms with Gasteiger partial charge in [-0.1, -0.05) is 39.2 Å². The fraction of sp³-hybridized carbons (Fsp3) is 0.750. The molecule has 0 aromatic heterocycles. The van der Waals surface area contributed by atoms with E-state index in [0.717, 1.165) is 25.0 Å². The van der Waals surface area contributed by atoms with Crippen molar-refractivity contribution in [3.63, 3.8) is 0 Å². The normalized spacial score (nSPS) is 29.1. The Labute approximate surface area is 111 Å². The molecule has 2 heteroatoms. The number of hydrogen-bond acceptors (Lipinski definition) is 2. The van der Waals surface area contributed by atoms with Crippen LogP contribution >= 0.6 is 0 Å². The summed E-state index contributed by atoms with van der Waals surface area (Å²) in [6.45, 7) is 6.25. The van der Waals surface area contributed by atoms with Gasteiger partial charge in [-0.2, -0.15) is 0 Å². The highest BCUT2D eigenvalue weighted by atomic mass is 16.5. The topological polar surface area (TPSA) is 21.3 Å². The first kappa shape index (κ1) is 13.7. The molecule has 1 fully saturated rings. The second-order valence-corrected chi connectivity index (χ2v) is 5.78. The first-order valence-electron chi connectivity index (χ1n) is 7.52. The van der Waals surface area contributed by atoms with Gasteiger partial charge in [0.15, 0.2) is 0 Å². The maximum atomic E-state index is 5.80. The van der Waals surface area contributed by atoms with E-state index in [2.05, 4.69) is 37.4 Å². The predicted octanol–water partition coefficient (Wildman–Crippen LogP) is 3.65. The zero-order chi connectivity index (χ0) is 12.8. The molecule has 2 aliphatic carbocycles. The van der Waals surface area contributed by atoms with Crippen molar-refractivity contribution in [2.45, 2.75) is 52.0 Å². The number of rotatable bonds is 5. The van der Waals surface area contributed by atoms with Gasteiger partial charge in [0.2, 0.25) is 0 Å². The van der Waals surface area contributed by atoms with Crippen molar-refractivity contribution in [2.24, 2.45) is 11.8 Å². The molecule has 2 rings (SSSR count). The summed E-state index contributed by atoms with van der Waals surface area (Å²) in [6, 6.07) is 0.733. The lowest BCUT2D eigenvalue weighted by Crippen LogP contribution is -2.33. The van der Waals surface area contributed by atoms with Crippen molar-refractivity contribution in [1.82, 2.24) is 5.32 Å². The molecule has 102 valence electrons. The molecule has 0 bridgehead atoms. The van der Waals surface area contributed by atoms with Gasteiger partial charge in [0.05, 0.1) is 0 Å². The molecule has 0 radical (unpaired) electrons. The van der Waals surface area contributed by atoms with Crippen LogP contribution in [0.3, 0.4) is 0 Å². The summed E-state index contributed by atoms with van der Waals surface area (Å²) in [7, 11) is 0. The Morgan fingerprint density at radius 1 is 1.17 bits per heavy atom. The summed E-state index contributed by atoms with van der Waals surface area (Å²) in [5, 5.41) is 3.60. The minimum absolute atomic E-state index is 0.594. The van der Waals surface area contributed by atoms with E-state index in [1.165, 1.54) is 32.1 Å². The van der Waals surface area contributed by atoms with Crippen LogP contribution in [0.5, 0.6) is 0 Å². The van der Waals surface area contributed by atoms with E-state index in [9.17, 15) is 0 Å². The summed E-state index contributed by atoms with van der Waals surface area (Å²) < 4.78 is 5.80. The third-order valence-corrected chi connectivity index (χ3v) is 4.23. The van der Waals surface area contributed by atoms with Crippen molar-refractivity contribution < 1.29 is 4.74 Å². The van der Waals surface area contributed by atoms with Gasteiger partial charge in [-0.05, 0) is 36.8 Å². The van der Waals surface area contributed by atoms with E-state index in [4.69, 9.17) is 4.74 Å². The molecule has 0 aromatic carbocycles. The maximum Gasteiger partial charge on any atom is 0.115 e. The number of nitrogens with one attached hydrogen (secondary N) is 1. The molecular weight excluding hydrogens is 222 g/mol. The highest BCUT2D eigenvalue weighted by Crippen LogP contribution is 2.22. The van der Waals surface area contributed by atoms with Crippen molar-refractivity contribution in [1.29, 1.82) is 0 Å². The highest BCUT2D eigenvalue weighted by Gasteiger charge is 2.14. The lowest BCUT2D eigenvalue weighted by atomic mass is 9.91. The fourth-order valence-electron chi connectivity index (χ4n) is 2.72. The lowest BCUT2D eigenvalue weighted by molar-refractivity contribution is 0.210. The minimum Gasteiger partial charge on any atom is -0.493 e. The summed E-state index contributed by atoms with van der Waals surface area (Å²) in [5.41, 5.74) is 0. The molecule has 2 aliphatic rings. The Morgan fingerprint density at radius 2 is 1.94 bits per heavy atom. The molecule has 0 spiro atoms. The van der Waals surface area contributed by atoms with E-state index in [-0.39, 0.29) is 0 Å². The zero-order valence-electron chi connectivity index (χ0n) is 11.8.